The molecule has 1 N–H and O–H groups in total. The summed E-state index contributed by atoms with van der Waals surface area (Å²) in [6, 6.07) is 3.32. The zero-order valence-electron chi connectivity index (χ0n) is 16.3. The van der Waals surface area contributed by atoms with Crippen LogP contribution < -0.4 is 0 Å². The number of nitrogens with zero attached hydrogens (tertiary/aromatic N) is 3. The zero-order chi connectivity index (χ0) is 20.9. The van der Waals surface area contributed by atoms with Crippen molar-refractivity contribution >= 4 is 23.7 Å². The molecule has 3 amide bonds. The van der Waals surface area contributed by atoms with E-state index in [2.05, 4.69) is 9.97 Å². The predicted octanol–water partition coefficient (Wildman–Crippen LogP) is 1.15. The van der Waals surface area contributed by atoms with Gasteiger partial charge in [0.25, 0.3) is 17.7 Å². The van der Waals surface area contributed by atoms with Crippen LogP contribution in [0.2, 0.25) is 0 Å². The number of hydrogen-bond donors (Lipinski definition) is 1. The van der Waals surface area contributed by atoms with Gasteiger partial charge < -0.3 is 14.6 Å². The fraction of sp³-hybridized carbons (Fsp3) is 0.350. The molecular formula is C20H20N4O5. The van der Waals surface area contributed by atoms with E-state index in [-0.39, 0.29) is 41.6 Å². The molecule has 2 aromatic rings. The zero-order valence-corrected chi connectivity index (χ0v) is 16.3. The van der Waals surface area contributed by atoms with Crippen molar-refractivity contribution in [3.8, 4) is 0 Å². The fourth-order valence-corrected chi connectivity index (χ4v) is 3.82. The van der Waals surface area contributed by atoms with Crippen molar-refractivity contribution in [3.63, 3.8) is 0 Å². The lowest BCUT2D eigenvalue weighted by Gasteiger charge is -2.33. The van der Waals surface area contributed by atoms with E-state index >= 15 is 0 Å². The number of methoxy groups -OCH3 is 1. The summed E-state index contributed by atoms with van der Waals surface area (Å²) in [5, 5.41) is 0. The first-order valence-corrected chi connectivity index (χ1v) is 9.25. The third kappa shape index (κ3) is 2.89. The highest BCUT2D eigenvalue weighted by Crippen LogP contribution is 2.28. The smallest absolute Gasteiger partial charge is 0.329 e. The van der Waals surface area contributed by atoms with Crippen LogP contribution in [-0.2, 0) is 22.5 Å². The van der Waals surface area contributed by atoms with Crippen LogP contribution in [-0.4, -0.2) is 62.7 Å². The van der Waals surface area contributed by atoms with Gasteiger partial charge >= 0.3 is 5.97 Å². The van der Waals surface area contributed by atoms with Crippen molar-refractivity contribution in [2.45, 2.75) is 38.9 Å². The maximum Gasteiger partial charge on any atom is 0.329 e. The van der Waals surface area contributed by atoms with Gasteiger partial charge in [-0.3, -0.25) is 19.3 Å². The Labute approximate surface area is 166 Å². The highest BCUT2D eigenvalue weighted by Gasteiger charge is 2.40. The number of aromatic nitrogens is 2. The molecule has 1 aromatic heterocycles. The molecule has 1 unspecified atom stereocenters. The minimum Gasteiger partial charge on any atom is -0.467 e. The summed E-state index contributed by atoms with van der Waals surface area (Å²) in [6.45, 7) is 3.67. The molecule has 2 aliphatic heterocycles. The van der Waals surface area contributed by atoms with Gasteiger partial charge in [0, 0.05) is 18.0 Å². The quantitative estimate of drug-likeness (QED) is 0.615. The van der Waals surface area contributed by atoms with E-state index in [9.17, 15) is 19.2 Å². The molecule has 0 spiro atoms. The number of benzene rings is 1. The number of carbonyl (C=O) groups is 4. The highest BCUT2D eigenvalue weighted by atomic mass is 16.5. The third-order valence-corrected chi connectivity index (χ3v) is 5.31. The van der Waals surface area contributed by atoms with Gasteiger partial charge in [0.1, 0.15) is 6.04 Å². The summed E-state index contributed by atoms with van der Waals surface area (Å²) in [5.41, 5.74) is 2.17. The summed E-state index contributed by atoms with van der Waals surface area (Å²) in [4.78, 5) is 60.4. The second kappa shape index (κ2) is 6.84. The Morgan fingerprint density at radius 3 is 2.62 bits per heavy atom. The molecule has 150 valence electrons. The number of imide groups is 1. The van der Waals surface area contributed by atoms with Crippen LogP contribution in [0.3, 0.4) is 0 Å². The predicted molar refractivity (Wildman–Crippen MR) is 100 cm³/mol. The molecule has 1 atom stereocenters. The average molecular weight is 396 g/mol. The van der Waals surface area contributed by atoms with Gasteiger partial charge in [-0.25, -0.2) is 9.78 Å². The van der Waals surface area contributed by atoms with E-state index in [1.165, 1.54) is 41.4 Å². The van der Waals surface area contributed by atoms with E-state index < -0.39 is 23.8 Å². The molecule has 3 heterocycles. The number of nitrogens with one attached hydrogen (secondary N) is 1. The molecule has 2 aliphatic rings. The van der Waals surface area contributed by atoms with Gasteiger partial charge in [-0.1, -0.05) is 0 Å². The van der Waals surface area contributed by atoms with Crippen LogP contribution in [0.15, 0.2) is 24.5 Å². The van der Waals surface area contributed by atoms with E-state index in [0.717, 1.165) is 5.69 Å². The fourth-order valence-electron chi connectivity index (χ4n) is 3.82. The Hall–Kier alpha value is -3.49. The number of ether oxygens (including phenoxy) is 1. The molecule has 0 saturated carbocycles. The molecule has 4 rings (SSSR count). The molecule has 9 nitrogen and oxygen atoms in total. The maximum atomic E-state index is 13.2. The number of esters is 1. The minimum atomic E-state index is -0.818. The third-order valence-electron chi connectivity index (χ3n) is 5.31. The van der Waals surface area contributed by atoms with Crippen molar-refractivity contribution in [1.82, 2.24) is 19.8 Å². The van der Waals surface area contributed by atoms with Crippen molar-refractivity contribution < 1.29 is 23.9 Å². The summed E-state index contributed by atoms with van der Waals surface area (Å²) in [5.74, 6) is -1.75. The van der Waals surface area contributed by atoms with Crippen LogP contribution in [0.1, 0.15) is 56.3 Å². The number of H-pyrrole nitrogens is 1. The second-order valence-corrected chi connectivity index (χ2v) is 7.34. The SMILES string of the molecule is COC(=O)C1Cc2nc[nH]c2CN1C(=O)c1ccc2c(c1)C(=O)N(C(C)C)C2=O. The Bertz CT molecular complexity index is 1040. The lowest BCUT2D eigenvalue weighted by molar-refractivity contribution is -0.146. The molecular weight excluding hydrogens is 376 g/mol. The standard InChI is InChI=1S/C20H20N4O5/c1-10(2)24-18(26)12-5-4-11(6-13(12)19(24)27)17(25)23-8-15-14(21-9-22-15)7-16(23)20(28)29-3/h4-6,9-10,16H,7-8H2,1-3H3,(H,21,22). The molecule has 0 fully saturated rings. The highest BCUT2D eigenvalue weighted by molar-refractivity contribution is 6.22. The Morgan fingerprint density at radius 1 is 1.21 bits per heavy atom. The summed E-state index contributed by atoms with van der Waals surface area (Å²) in [7, 11) is 1.27. The number of imidazole rings is 1. The topological polar surface area (TPSA) is 113 Å². The van der Waals surface area contributed by atoms with Crippen LogP contribution in [0.5, 0.6) is 0 Å². The van der Waals surface area contributed by atoms with Gasteiger partial charge in [-0.05, 0) is 32.0 Å². The summed E-state index contributed by atoms with van der Waals surface area (Å²) >= 11 is 0. The van der Waals surface area contributed by atoms with Crippen molar-refractivity contribution in [3.05, 3.63) is 52.6 Å². The monoisotopic (exact) mass is 396 g/mol. The number of hydrogen-bond acceptors (Lipinski definition) is 6. The first-order valence-electron chi connectivity index (χ1n) is 9.25. The first kappa shape index (κ1) is 18.9. The van der Waals surface area contributed by atoms with Gasteiger partial charge in [0.2, 0.25) is 0 Å². The van der Waals surface area contributed by atoms with E-state index in [0.29, 0.717) is 5.69 Å². The maximum absolute atomic E-state index is 13.2. The van der Waals surface area contributed by atoms with Crippen molar-refractivity contribution in [2.75, 3.05) is 7.11 Å². The van der Waals surface area contributed by atoms with Gasteiger partial charge in [-0.2, -0.15) is 0 Å². The average Bonchev–Trinajstić information content (AvgIpc) is 3.27. The lowest BCUT2D eigenvalue weighted by Crippen LogP contribution is -2.49. The van der Waals surface area contributed by atoms with E-state index in [1.54, 1.807) is 13.8 Å². The van der Waals surface area contributed by atoms with Crippen LogP contribution in [0.4, 0.5) is 0 Å². The minimum absolute atomic E-state index is 0.163. The van der Waals surface area contributed by atoms with E-state index in [1.807, 2.05) is 0 Å². The molecule has 1 aromatic carbocycles. The Balaban J connectivity index is 1.69. The number of carbonyl (C=O) groups excluding carboxylic acids is 4. The number of fused-ring (bicyclic) bond motifs is 2. The number of rotatable bonds is 3. The van der Waals surface area contributed by atoms with Gasteiger partial charge in [-0.15, -0.1) is 0 Å². The van der Waals surface area contributed by atoms with Crippen LogP contribution in [0.25, 0.3) is 0 Å². The summed E-state index contributed by atoms with van der Waals surface area (Å²) in [6.07, 6.45) is 1.76. The Morgan fingerprint density at radius 2 is 1.93 bits per heavy atom. The van der Waals surface area contributed by atoms with Crippen LogP contribution in [0, 0.1) is 0 Å². The van der Waals surface area contributed by atoms with Gasteiger partial charge in [0.05, 0.1) is 42.5 Å². The van der Waals surface area contributed by atoms with Gasteiger partial charge in [0.15, 0.2) is 0 Å². The largest absolute Gasteiger partial charge is 0.467 e. The number of amides is 3. The van der Waals surface area contributed by atoms with E-state index in [4.69, 9.17) is 4.74 Å². The molecule has 0 radical (unpaired) electrons. The van der Waals surface area contributed by atoms with Crippen molar-refractivity contribution in [1.29, 1.82) is 0 Å². The lowest BCUT2D eigenvalue weighted by atomic mass is 9.99. The normalized spacial score (nSPS) is 18.1. The van der Waals surface area contributed by atoms with Crippen molar-refractivity contribution in [2.24, 2.45) is 0 Å². The molecule has 29 heavy (non-hydrogen) atoms. The Kier molecular flexibility index (Phi) is 4.45. The number of aromatic amines is 1. The molecule has 9 heteroatoms. The van der Waals surface area contributed by atoms with Crippen LogP contribution >= 0.6 is 0 Å². The molecule has 0 bridgehead atoms. The molecule has 0 aliphatic carbocycles. The first-order chi connectivity index (χ1) is 13.8. The molecule has 0 saturated heterocycles. The second-order valence-electron chi connectivity index (χ2n) is 7.34. The summed E-state index contributed by atoms with van der Waals surface area (Å²) < 4.78 is 4.87.